The van der Waals surface area contributed by atoms with E-state index in [2.05, 4.69) is 10.5 Å². The predicted octanol–water partition coefficient (Wildman–Crippen LogP) is 3.24. The van der Waals surface area contributed by atoms with E-state index in [4.69, 9.17) is 9.88 Å². The van der Waals surface area contributed by atoms with E-state index in [0.717, 1.165) is 28.2 Å². The van der Waals surface area contributed by atoms with Gasteiger partial charge < -0.3 is 4.74 Å². The monoisotopic (exact) mass is 414 g/mol. The van der Waals surface area contributed by atoms with Gasteiger partial charge in [-0.25, -0.2) is 13.6 Å². The van der Waals surface area contributed by atoms with Gasteiger partial charge in [-0.05, 0) is 53.6 Å². The van der Waals surface area contributed by atoms with Gasteiger partial charge in [0.05, 0.1) is 22.6 Å². The first-order valence-corrected chi connectivity index (χ1v) is 9.93. The lowest BCUT2D eigenvalue weighted by Crippen LogP contribution is -2.12. The van der Waals surface area contributed by atoms with Crippen molar-refractivity contribution in [3.63, 3.8) is 0 Å². The van der Waals surface area contributed by atoms with Crippen molar-refractivity contribution >= 4 is 37.9 Å². The molecule has 0 aliphatic heterocycles. The Balaban J connectivity index is 1.91. The fraction of sp³-hybridized carbons (Fsp3) is 0.105. The van der Waals surface area contributed by atoms with Crippen LogP contribution in [0.3, 0.4) is 0 Å². The summed E-state index contributed by atoms with van der Waals surface area (Å²) in [6.45, 7) is 1.75. The summed E-state index contributed by atoms with van der Waals surface area (Å²) in [4.78, 5) is 10.2. The number of hydrazone groups is 1. The lowest BCUT2D eigenvalue weighted by Gasteiger charge is -2.07. The van der Waals surface area contributed by atoms with Crippen LogP contribution >= 0.6 is 0 Å². The average Bonchev–Trinajstić information content (AvgIpc) is 2.70. The third-order valence-corrected chi connectivity index (χ3v) is 5.21. The number of ether oxygens (including phenoxy) is 1. The highest BCUT2D eigenvalue weighted by atomic mass is 32.2. The summed E-state index contributed by atoms with van der Waals surface area (Å²) in [5, 5.41) is 22.5. The van der Waals surface area contributed by atoms with Gasteiger partial charge in [0.15, 0.2) is 0 Å². The largest absolute Gasteiger partial charge is 0.497 e. The van der Waals surface area contributed by atoms with Crippen molar-refractivity contribution in [2.24, 2.45) is 10.2 Å². The number of anilines is 1. The van der Waals surface area contributed by atoms with E-state index in [-0.39, 0.29) is 10.6 Å². The molecule has 29 heavy (non-hydrogen) atoms. The molecule has 3 aromatic carbocycles. The number of sulfonamides is 1. The lowest BCUT2D eigenvalue weighted by molar-refractivity contribution is -0.384. The number of fused-ring (bicyclic) bond motifs is 1. The van der Waals surface area contributed by atoms with Gasteiger partial charge in [-0.2, -0.15) is 5.10 Å². The Hall–Kier alpha value is -3.50. The van der Waals surface area contributed by atoms with Gasteiger partial charge in [-0.1, -0.05) is 18.2 Å². The summed E-state index contributed by atoms with van der Waals surface area (Å²) in [5.41, 5.74) is 3.64. The number of nitrogens with zero attached hydrogens (tertiary/aromatic N) is 2. The molecule has 0 radical (unpaired) electrons. The summed E-state index contributed by atoms with van der Waals surface area (Å²) in [5.74, 6) is 0.757. The Kier molecular flexibility index (Phi) is 5.48. The number of nitro benzene ring substituents is 1. The summed E-state index contributed by atoms with van der Waals surface area (Å²) in [6, 6.07) is 14.8. The number of nitrogens with one attached hydrogen (secondary N) is 1. The summed E-state index contributed by atoms with van der Waals surface area (Å²) < 4.78 is 28.0. The van der Waals surface area contributed by atoms with Crippen molar-refractivity contribution in [1.29, 1.82) is 0 Å². The van der Waals surface area contributed by atoms with E-state index < -0.39 is 20.6 Å². The number of rotatable bonds is 6. The quantitative estimate of drug-likeness (QED) is 0.361. The third kappa shape index (κ3) is 4.50. The average molecular weight is 414 g/mol. The standard InChI is InChI=1S/C19H18N4O5S/c1-12(13-3-4-15-10-16(28-2)6-5-14(15)9-13)21-22-18-8-7-17(29(20,26)27)11-19(18)23(24)25/h3-11,22H,1-2H3,(H2,20,26,27)/b21-12-. The maximum atomic E-state index is 11.4. The molecule has 10 heteroatoms. The molecular formula is C19H18N4O5S. The Morgan fingerprint density at radius 3 is 2.45 bits per heavy atom. The highest BCUT2D eigenvalue weighted by molar-refractivity contribution is 7.89. The first-order chi connectivity index (χ1) is 13.7. The van der Waals surface area contributed by atoms with Crippen molar-refractivity contribution in [3.8, 4) is 5.75 Å². The normalized spacial score (nSPS) is 12.0. The van der Waals surface area contributed by atoms with Crippen LogP contribution in [0.2, 0.25) is 0 Å². The molecule has 0 aromatic heterocycles. The lowest BCUT2D eigenvalue weighted by atomic mass is 10.0. The molecule has 0 atom stereocenters. The van der Waals surface area contributed by atoms with E-state index in [9.17, 15) is 18.5 Å². The fourth-order valence-electron chi connectivity index (χ4n) is 2.72. The molecule has 0 saturated heterocycles. The zero-order chi connectivity index (χ0) is 21.2. The molecular weight excluding hydrogens is 396 g/mol. The number of benzene rings is 3. The van der Waals surface area contributed by atoms with Crippen LogP contribution in [0.15, 0.2) is 64.6 Å². The Morgan fingerprint density at radius 1 is 1.10 bits per heavy atom. The SMILES string of the molecule is COc1ccc2cc(/C(C)=N\Nc3ccc(S(N)(=O)=O)cc3[N+](=O)[O-])ccc2c1. The molecule has 3 N–H and O–H groups in total. The molecule has 0 spiro atoms. The number of nitro groups is 1. The topological polar surface area (TPSA) is 137 Å². The number of nitrogens with two attached hydrogens (primary N) is 1. The zero-order valence-corrected chi connectivity index (χ0v) is 16.4. The molecule has 0 unspecified atom stereocenters. The van der Waals surface area contributed by atoms with Crippen molar-refractivity contribution in [2.45, 2.75) is 11.8 Å². The van der Waals surface area contributed by atoms with E-state index in [1.165, 1.54) is 12.1 Å². The molecule has 3 aromatic rings. The van der Waals surface area contributed by atoms with Crippen LogP contribution in [-0.2, 0) is 10.0 Å². The minimum Gasteiger partial charge on any atom is -0.497 e. The third-order valence-electron chi connectivity index (χ3n) is 4.30. The second kappa shape index (κ2) is 7.86. The fourth-order valence-corrected chi connectivity index (χ4v) is 3.25. The minimum atomic E-state index is -4.05. The van der Waals surface area contributed by atoms with Crippen molar-refractivity contribution in [2.75, 3.05) is 12.5 Å². The van der Waals surface area contributed by atoms with Gasteiger partial charge in [0.25, 0.3) is 5.69 Å². The van der Waals surface area contributed by atoms with Crippen LogP contribution < -0.4 is 15.3 Å². The molecule has 0 amide bonds. The van der Waals surface area contributed by atoms with Crippen LogP contribution in [-0.4, -0.2) is 26.2 Å². The Morgan fingerprint density at radius 2 is 1.79 bits per heavy atom. The van der Waals surface area contributed by atoms with E-state index in [1.807, 2.05) is 36.4 Å². The molecule has 0 fully saturated rings. The van der Waals surface area contributed by atoms with Crippen LogP contribution in [0.4, 0.5) is 11.4 Å². The highest BCUT2D eigenvalue weighted by Crippen LogP contribution is 2.27. The first kappa shape index (κ1) is 20.2. The first-order valence-electron chi connectivity index (χ1n) is 8.39. The van der Waals surface area contributed by atoms with E-state index in [1.54, 1.807) is 14.0 Å². The second-order valence-electron chi connectivity index (χ2n) is 6.22. The summed E-state index contributed by atoms with van der Waals surface area (Å²) in [7, 11) is -2.45. The van der Waals surface area contributed by atoms with Gasteiger partial charge in [-0.3, -0.25) is 15.5 Å². The van der Waals surface area contributed by atoms with E-state index >= 15 is 0 Å². The highest BCUT2D eigenvalue weighted by Gasteiger charge is 2.19. The smallest absolute Gasteiger partial charge is 0.295 e. The molecule has 3 rings (SSSR count). The number of methoxy groups -OCH3 is 1. The number of hydrogen-bond acceptors (Lipinski definition) is 7. The van der Waals surface area contributed by atoms with Gasteiger partial charge >= 0.3 is 0 Å². The molecule has 0 aliphatic carbocycles. The Bertz CT molecular complexity index is 1240. The van der Waals surface area contributed by atoms with Crippen LogP contribution in [0, 0.1) is 10.1 Å². The maximum Gasteiger partial charge on any atom is 0.295 e. The van der Waals surface area contributed by atoms with Crippen LogP contribution in [0.5, 0.6) is 5.75 Å². The van der Waals surface area contributed by atoms with Crippen LogP contribution in [0.25, 0.3) is 10.8 Å². The molecule has 0 saturated carbocycles. The second-order valence-corrected chi connectivity index (χ2v) is 7.78. The minimum absolute atomic E-state index is 0.0484. The van der Waals surface area contributed by atoms with Crippen molar-refractivity contribution in [3.05, 3.63) is 70.3 Å². The van der Waals surface area contributed by atoms with E-state index in [0.29, 0.717) is 5.71 Å². The van der Waals surface area contributed by atoms with Crippen LogP contribution in [0.1, 0.15) is 12.5 Å². The molecule has 0 aliphatic rings. The van der Waals surface area contributed by atoms with Crippen molar-refractivity contribution < 1.29 is 18.1 Å². The van der Waals surface area contributed by atoms with Gasteiger partial charge in [0.1, 0.15) is 11.4 Å². The predicted molar refractivity (Wildman–Crippen MR) is 111 cm³/mol. The molecule has 150 valence electrons. The molecule has 9 nitrogen and oxygen atoms in total. The number of primary sulfonamides is 1. The molecule has 0 bridgehead atoms. The summed E-state index contributed by atoms with van der Waals surface area (Å²) >= 11 is 0. The molecule has 0 heterocycles. The van der Waals surface area contributed by atoms with Gasteiger partial charge in [0, 0.05) is 6.07 Å². The van der Waals surface area contributed by atoms with Gasteiger partial charge in [-0.15, -0.1) is 0 Å². The maximum absolute atomic E-state index is 11.4. The number of hydrogen-bond donors (Lipinski definition) is 2. The zero-order valence-electron chi connectivity index (χ0n) is 15.6. The van der Waals surface area contributed by atoms with Crippen molar-refractivity contribution in [1.82, 2.24) is 0 Å². The van der Waals surface area contributed by atoms with Gasteiger partial charge in [0.2, 0.25) is 10.0 Å². The summed E-state index contributed by atoms with van der Waals surface area (Å²) in [6.07, 6.45) is 0. The Labute approximate surface area is 167 Å².